The zero-order valence-electron chi connectivity index (χ0n) is 6.67. The van der Waals surface area contributed by atoms with E-state index in [4.69, 9.17) is 0 Å². The van der Waals surface area contributed by atoms with Crippen LogP contribution in [0.2, 0.25) is 0 Å². The van der Waals surface area contributed by atoms with E-state index in [0.717, 1.165) is 4.47 Å². The van der Waals surface area contributed by atoms with E-state index in [1.807, 2.05) is 0 Å². The molecule has 0 bridgehead atoms. The number of halogens is 1. The Morgan fingerprint density at radius 3 is 3.08 bits per heavy atom. The first-order valence-corrected chi connectivity index (χ1v) is 4.33. The molecule has 0 amide bonds. The highest BCUT2D eigenvalue weighted by Crippen LogP contribution is 2.12. The number of likely N-dealkylation sites (N-methyl/N-ethyl adjacent to an activating group) is 1. The van der Waals surface area contributed by atoms with Crippen LogP contribution in [-0.2, 0) is 0 Å². The van der Waals surface area contributed by atoms with Crippen molar-refractivity contribution in [2.75, 3.05) is 13.6 Å². The zero-order valence-corrected chi connectivity index (χ0v) is 8.26. The molecule has 4 heteroatoms. The molecule has 12 heavy (non-hydrogen) atoms. The molecule has 0 aromatic carbocycles. The Morgan fingerprint density at radius 2 is 2.50 bits per heavy atom. The number of ketones is 1. The van der Waals surface area contributed by atoms with Gasteiger partial charge in [0.15, 0.2) is 5.78 Å². The molecule has 1 heterocycles. The van der Waals surface area contributed by atoms with Crippen molar-refractivity contribution in [3.8, 4) is 0 Å². The lowest BCUT2D eigenvalue weighted by Gasteiger charge is -2.00. The number of hydrogen-bond donors (Lipinski definition) is 1. The van der Waals surface area contributed by atoms with Crippen molar-refractivity contribution >= 4 is 21.7 Å². The SMILES string of the molecule is CNCC(=O)c1ncccc1Br. The summed E-state index contributed by atoms with van der Waals surface area (Å²) in [5.41, 5.74) is 0.479. The molecule has 0 aliphatic heterocycles. The van der Waals surface area contributed by atoms with Crippen LogP contribution in [0.25, 0.3) is 0 Å². The van der Waals surface area contributed by atoms with E-state index in [0.29, 0.717) is 12.2 Å². The molecule has 64 valence electrons. The molecule has 1 N–H and O–H groups in total. The van der Waals surface area contributed by atoms with Crippen LogP contribution < -0.4 is 5.32 Å². The average molecular weight is 229 g/mol. The number of hydrogen-bond acceptors (Lipinski definition) is 3. The average Bonchev–Trinajstić information content (AvgIpc) is 2.05. The summed E-state index contributed by atoms with van der Waals surface area (Å²) in [6.07, 6.45) is 1.60. The molecule has 1 aromatic rings. The van der Waals surface area contributed by atoms with E-state index >= 15 is 0 Å². The molecule has 0 aliphatic carbocycles. The van der Waals surface area contributed by atoms with Gasteiger partial charge < -0.3 is 5.32 Å². The number of nitrogens with one attached hydrogen (secondary N) is 1. The summed E-state index contributed by atoms with van der Waals surface area (Å²) in [6.45, 7) is 0.315. The second kappa shape index (κ2) is 4.33. The summed E-state index contributed by atoms with van der Waals surface area (Å²) < 4.78 is 0.741. The minimum absolute atomic E-state index is 0.00928. The number of nitrogens with zero attached hydrogens (tertiary/aromatic N) is 1. The molecule has 0 spiro atoms. The van der Waals surface area contributed by atoms with Gasteiger partial charge in [0.25, 0.3) is 0 Å². The molecule has 0 aliphatic rings. The summed E-state index contributed by atoms with van der Waals surface area (Å²) in [7, 11) is 1.73. The molecule has 0 saturated carbocycles. The van der Waals surface area contributed by atoms with Crippen LogP contribution in [0.1, 0.15) is 10.5 Å². The normalized spacial score (nSPS) is 9.83. The lowest BCUT2D eigenvalue weighted by atomic mass is 10.2. The Balaban J connectivity index is 2.87. The number of carbonyl (C=O) groups excluding carboxylic acids is 1. The molecule has 0 atom stereocenters. The number of pyridine rings is 1. The van der Waals surface area contributed by atoms with Gasteiger partial charge >= 0.3 is 0 Å². The largest absolute Gasteiger partial charge is 0.313 e. The van der Waals surface area contributed by atoms with Gasteiger partial charge in [-0.25, -0.2) is 0 Å². The second-order valence-electron chi connectivity index (χ2n) is 2.29. The van der Waals surface area contributed by atoms with E-state index in [1.54, 1.807) is 25.4 Å². The van der Waals surface area contributed by atoms with Gasteiger partial charge in [-0.15, -0.1) is 0 Å². The maximum absolute atomic E-state index is 11.3. The predicted octanol–water partition coefficient (Wildman–Crippen LogP) is 1.25. The predicted molar refractivity (Wildman–Crippen MR) is 50.2 cm³/mol. The summed E-state index contributed by atoms with van der Waals surface area (Å²) in [4.78, 5) is 15.3. The molecule has 1 rings (SSSR count). The maximum atomic E-state index is 11.3. The summed E-state index contributed by atoms with van der Waals surface area (Å²) in [6, 6.07) is 3.58. The van der Waals surface area contributed by atoms with Crippen molar-refractivity contribution in [2.24, 2.45) is 0 Å². The monoisotopic (exact) mass is 228 g/mol. The minimum Gasteiger partial charge on any atom is -0.313 e. The van der Waals surface area contributed by atoms with Gasteiger partial charge in [-0.2, -0.15) is 0 Å². The van der Waals surface area contributed by atoms with Gasteiger partial charge in [0, 0.05) is 10.7 Å². The van der Waals surface area contributed by atoms with Crippen LogP contribution in [0.5, 0.6) is 0 Å². The number of carbonyl (C=O) groups is 1. The first-order chi connectivity index (χ1) is 5.75. The van der Waals surface area contributed by atoms with E-state index < -0.39 is 0 Å². The van der Waals surface area contributed by atoms with Crippen molar-refractivity contribution in [3.05, 3.63) is 28.5 Å². The number of aromatic nitrogens is 1. The van der Waals surface area contributed by atoms with Crippen molar-refractivity contribution in [2.45, 2.75) is 0 Å². The van der Waals surface area contributed by atoms with Gasteiger partial charge in [-0.05, 0) is 35.1 Å². The highest BCUT2D eigenvalue weighted by molar-refractivity contribution is 9.10. The fourth-order valence-electron chi connectivity index (χ4n) is 0.835. The lowest BCUT2D eigenvalue weighted by Crippen LogP contribution is -2.19. The van der Waals surface area contributed by atoms with E-state index in [2.05, 4.69) is 26.2 Å². The molecule has 0 fully saturated rings. The molecule has 0 radical (unpaired) electrons. The molecular weight excluding hydrogens is 220 g/mol. The van der Waals surface area contributed by atoms with Crippen molar-refractivity contribution in [3.63, 3.8) is 0 Å². The van der Waals surface area contributed by atoms with E-state index in [-0.39, 0.29) is 5.78 Å². The Kier molecular flexibility index (Phi) is 3.37. The van der Waals surface area contributed by atoms with Gasteiger partial charge in [0.05, 0.1) is 6.54 Å². The maximum Gasteiger partial charge on any atom is 0.196 e. The molecule has 0 saturated heterocycles. The van der Waals surface area contributed by atoms with Crippen molar-refractivity contribution in [1.29, 1.82) is 0 Å². The van der Waals surface area contributed by atoms with Crippen LogP contribution in [0.3, 0.4) is 0 Å². The summed E-state index contributed by atoms with van der Waals surface area (Å²) in [5.74, 6) is -0.00928. The summed E-state index contributed by atoms with van der Waals surface area (Å²) >= 11 is 3.26. The fourth-order valence-corrected chi connectivity index (χ4v) is 1.31. The minimum atomic E-state index is -0.00928. The molecule has 3 nitrogen and oxygen atoms in total. The third kappa shape index (κ3) is 2.12. The highest BCUT2D eigenvalue weighted by Gasteiger charge is 2.08. The molecule has 1 aromatic heterocycles. The van der Waals surface area contributed by atoms with Gasteiger partial charge in [-0.1, -0.05) is 0 Å². The fraction of sp³-hybridized carbons (Fsp3) is 0.250. The van der Waals surface area contributed by atoms with Gasteiger partial charge in [0.1, 0.15) is 5.69 Å². The summed E-state index contributed by atoms with van der Waals surface area (Å²) in [5, 5.41) is 2.78. The van der Waals surface area contributed by atoms with E-state index in [1.165, 1.54) is 0 Å². The van der Waals surface area contributed by atoms with Crippen molar-refractivity contribution < 1.29 is 4.79 Å². The Hall–Kier alpha value is -0.740. The molecular formula is C8H9BrN2O. The highest BCUT2D eigenvalue weighted by atomic mass is 79.9. The van der Waals surface area contributed by atoms with Crippen LogP contribution in [0.4, 0.5) is 0 Å². The third-order valence-electron chi connectivity index (χ3n) is 1.36. The van der Waals surface area contributed by atoms with E-state index in [9.17, 15) is 4.79 Å². The van der Waals surface area contributed by atoms with Crippen LogP contribution in [0.15, 0.2) is 22.8 Å². The lowest BCUT2D eigenvalue weighted by molar-refractivity contribution is 0.0988. The third-order valence-corrected chi connectivity index (χ3v) is 2.00. The zero-order chi connectivity index (χ0) is 8.97. The van der Waals surface area contributed by atoms with Gasteiger partial charge in [0.2, 0.25) is 0 Å². The second-order valence-corrected chi connectivity index (χ2v) is 3.14. The standard InChI is InChI=1S/C8H9BrN2O/c1-10-5-7(12)8-6(9)3-2-4-11-8/h2-4,10H,5H2,1H3. The Bertz CT molecular complexity index is 288. The number of Topliss-reactive ketones (excluding diaryl/α,β-unsaturated/α-hetero) is 1. The smallest absolute Gasteiger partial charge is 0.196 e. The van der Waals surface area contributed by atoms with Crippen LogP contribution in [-0.4, -0.2) is 24.4 Å². The van der Waals surface area contributed by atoms with Gasteiger partial charge in [-0.3, -0.25) is 9.78 Å². The first kappa shape index (κ1) is 9.35. The first-order valence-electron chi connectivity index (χ1n) is 3.54. The molecule has 0 unspecified atom stereocenters. The topological polar surface area (TPSA) is 42.0 Å². The van der Waals surface area contributed by atoms with Crippen LogP contribution in [0, 0.1) is 0 Å². The number of rotatable bonds is 3. The van der Waals surface area contributed by atoms with Crippen molar-refractivity contribution in [1.82, 2.24) is 10.3 Å². The van der Waals surface area contributed by atoms with Crippen LogP contribution >= 0.6 is 15.9 Å². The Labute approximate surface area is 79.3 Å². The Morgan fingerprint density at radius 1 is 1.75 bits per heavy atom. The quantitative estimate of drug-likeness (QED) is 0.793.